The third-order valence-corrected chi connectivity index (χ3v) is 4.26. The summed E-state index contributed by atoms with van der Waals surface area (Å²) >= 11 is 3.42. The molecule has 0 spiro atoms. The third-order valence-electron chi connectivity index (χ3n) is 3.54. The number of benzene rings is 2. The van der Waals surface area contributed by atoms with E-state index in [1.807, 2.05) is 43.3 Å². The summed E-state index contributed by atoms with van der Waals surface area (Å²) < 4.78 is 6.54. The smallest absolute Gasteiger partial charge is 0.277 e. The van der Waals surface area contributed by atoms with Gasteiger partial charge in [0.05, 0.1) is 6.21 Å². The molecule has 2 aromatic carbocycles. The summed E-state index contributed by atoms with van der Waals surface area (Å²) in [6, 6.07) is 13.7. The maximum Gasteiger partial charge on any atom is 0.277 e. The van der Waals surface area contributed by atoms with Crippen molar-refractivity contribution in [3.63, 3.8) is 0 Å². The molecule has 0 atom stereocenters. The van der Waals surface area contributed by atoms with Crippen LogP contribution in [0.3, 0.4) is 0 Å². The highest BCUT2D eigenvalue weighted by molar-refractivity contribution is 9.10. The van der Waals surface area contributed by atoms with Crippen LogP contribution in [0.5, 0.6) is 5.75 Å². The van der Waals surface area contributed by atoms with Crippen molar-refractivity contribution >= 4 is 28.1 Å². The molecule has 126 valence electrons. The van der Waals surface area contributed by atoms with Crippen molar-refractivity contribution in [2.24, 2.45) is 5.10 Å². The average Bonchev–Trinajstić information content (AvgIpc) is 2.55. The summed E-state index contributed by atoms with van der Waals surface area (Å²) in [4.78, 5) is 11.9. The third kappa shape index (κ3) is 5.20. The Bertz CT molecular complexity index is 742. The molecule has 0 aliphatic carbocycles. The first-order valence-corrected chi connectivity index (χ1v) is 8.56. The summed E-state index contributed by atoms with van der Waals surface area (Å²) in [5, 5.41) is 3.95. The highest BCUT2D eigenvalue weighted by Crippen LogP contribution is 2.24. The van der Waals surface area contributed by atoms with Crippen molar-refractivity contribution in [3.8, 4) is 5.75 Å². The van der Waals surface area contributed by atoms with Gasteiger partial charge >= 0.3 is 0 Å². The highest BCUT2D eigenvalue weighted by Gasteiger charge is 2.07. The Balaban J connectivity index is 1.90. The Labute approximate surface area is 151 Å². The number of hydrogen-bond acceptors (Lipinski definition) is 3. The lowest BCUT2D eigenvalue weighted by Crippen LogP contribution is -2.24. The minimum Gasteiger partial charge on any atom is -0.483 e. The Kier molecular flexibility index (Phi) is 6.55. The Morgan fingerprint density at radius 3 is 2.75 bits per heavy atom. The minimum absolute atomic E-state index is 0.0737. The molecule has 0 saturated carbocycles. The van der Waals surface area contributed by atoms with Crippen LogP contribution in [0, 0.1) is 6.92 Å². The fourth-order valence-corrected chi connectivity index (χ4v) is 2.45. The summed E-state index contributed by atoms with van der Waals surface area (Å²) in [5.74, 6) is 0.842. The number of aryl methyl sites for hydroxylation is 1. The molecule has 4 nitrogen and oxygen atoms in total. The van der Waals surface area contributed by atoms with Crippen LogP contribution in [0.1, 0.15) is 36.5 Å². The van der Waals surface area contributed by atoms with E-state index < -0.39 is 0 Å². The number of hydrogen-bond donors (Lipinski definition) is 1. The molecule has 0 radical (unpaired) electrons. The van der Waals surface area contributed by atoms with E-state index in [9.17, 15) is 4.79 Å². The molecule has 5 heteroatoms. The van der Waals surface area contributed by atoms with E-state index in [-0.39, 0.29) is 12.5 Å². The molecule has 0 aliphatic rings. The van der Waals surface area contributed by atoms with Gasteiger partial charge in [0.2, 0.25) is 0 Å². The monoisotopic (exact) mass is 388 g/mol. The van der Waals surface area contributed by atoms with Crippen molar-refractivity contribution in [2.45, 2.75) is 26.7 Å². The SMILES string of the molecule is Cc1ccc(C(C)C)cc1OCC(=O)N/N=C\c1ccccc1Br. The number of ether oxygens (including phenoxy) is 1. The van der Waals surface area contributed by atoms with Crippen molar-refractivity contribution in [1.29, 1.82) is 0 Å². The molecule has 1 amide bonds. The molecule has 1 N–H and O–H groups in total. The predicted molar refractivity (Wildman–Crippen MR) is 101 cm³/mol. The average molecular weight is 389 g/mol. The van der Waals surface area contributed by atoms with Crippen molar-refractivity contribution in [1.82, 2.24) is 5.43 Å². The van der Waals surface area contributed by atoms with Gasteiger partial charge in [-0.3, -0.25) is 4.79 Å². The molecule has 2 aromatic rings. The first-order valence-electron chi connectivity index (χ1n) is 7.77. The molecule has 0 aromatic heterocycles. The van der Waals surface area contributed by atoms with Gasteiger partial charge in [0.15, 0.2) is 6.61 Å². The van der Waals surface area contributed by atoms with Gasteiger partial charge in [-0.05, 0) is 36.1 Å². The van der Waals surface area contributed by atoms with E-state index in [0.29, 0.717) is 5.92 Å². The van der Waals surface area contributed by atoms with Crippen LogP contribution in [0.15, 0.2) is 52.0 Å². The van der Waals surface area contributed by atoms with Crippen LogP contribution >= 0.6 is 15.9 Å². The lowest BCUT2D eigenvalue weighted by atomic mass is 10.0. The standard InChI is InChI=1S/C19H21BrN2O2/c1-13(2)15-9-8-14(3)18(10-15)24-12-19(23)22-21-11-16-6-4-5-7-17(16)20/h4-11,13H,12H2,1-3H3,(H,22,23)/b21-11-. The van der Waals surface area contributed by atoms with Crippen LogP contribution in [0.2, 0.25) is 0 Å². The Morgan fingerprint density at radius 2 is 2.04 bits per heavy atom. The molecule has 0 fully saturated rings. The number of hydrazone groups is 1. The van der Waals surface area contributed by atoms with Gasteiger partial charge in [-0.15, -0.1) is 0 Å². The normalized spacial score (nSPS) is 11.0. The minimum atomic E-state index is -0.298. The molecule has 0 unspecified atom stereocenters. The van der Waals surface area contributed by atoms with Crippen LogP contribution < -0.4 is 10.2 Å². The number of carbonyl (C=O) groups excluding carboxylic acids is 1. The second-order valence-corrected chi connectivity index (χ2v) is 6.64. The number of rotatable bonds is 6. The fraction of sp³-hybridized carbons (Fsp3) is 0.263. The van der Waals surface area contributed by atoms with Gasteiger partial charge in [-0.1, -0.05) is 60.1 Å². The number of nitrogens with one attached hydrogen (secondary N) is 1. The number of carbonyl (C=O) groups is 1. The van der Waals surface area contributed by atoms with E-state index in [4.69, 9.17) is 4.74 Å². The number of halogens is 1. The second-order valence-electron chi connectivity index (χ2n) is 5.78. The first kappa shape index (κ1) is 18.2. The van der Waals surface area contributed by atoms with Gasteiger partial charge in [0.1, 0.15) is 5.75 Å². The van der Waals surface area contributed by atoms with Crippen molar-refractivity contribution < 1.29 is 9.53 Å². The van der Waals surface area contributed by atoms with E-state index in [1.54, 1.807) is 6.21 Å². The summed E-state index contributed by atoms with van der Waals surface area (Å²) in [7, 11) is 0. The van der Waals surface area contributed by atoms with Crippen LogP contribution in [-0.2, 0) is 4.79 Å². The van der Waals surface area contributed by atoms with Crippen molar-refractivity contribution in [3.05, 3.63) is 63.6 Å². The Morgan fingerprint density at radius 1 is 1.29 bits per heavy atom. The lowest BCUT2D eigenvalue weighted by Gasteiger charge is -2.12. The number of amides is 1. The van der Waals surface area contributed by atoms with Crippen LogP contribution in [0.25, 0.3) is 0 Å². The lowest BCUT2D eigenvalue weighted by molar-refractivity contribution is -0.123. The van der Waals surface area contributed by atoms with Crippen LogP contribution in [-0.4, -0.2) is 18.7 Å². The second kappa shape index (κ2) is 8.64. The van der Waals surface area contributed by atoms with Gasteiger partial charge in [-0.2, -0.15) is 5.10 Å². The molecule has 24 heavy (non-hydrogen) atoms. The Hall–Kier alpha value is -2.14. The van der Waals surface area contributed by atoms with Gasteiger partial charge < -0.3 is 4.74 Å². The molecule has 0 aliphatic heterocycles. The predicted octanol–water partition coefficient (Wildman–Crippen LogP) is 4.41. The molecule has 0 heterocycles. The van der Waals surface area contributed by atoms with Crippen molar-refractivity contribution in [2.75, 3.05) is 6.61 Å². The first-order chi connectivity index (χ1) is 11.5. The van der Waals surface area contributed by atoms with Crippen LogP contribution in [0.4, 0.5) is 0 Å². The summed E-state index contributed by atoms with van der Waals surface area (Å²) in [6.07, 6.45) is 1.59. The maximum absolute atomic E-state index is 11.9. The van der Waals surface area contributed by atoms with E-state index in [1.165, 1.54) is 5.56 Å². The highest BCUT2D eigenvalue weighted by atomic mass is 79.9. The number of nitrogens with zero attached hydrogens (tertiary/aromatic N) is 1. The zero-order valence-electron chi connectivity index (χ0n) is 14.0. The zero-order chi connectivity index (χ0) is 17.5. The maximum atomic E-state index is 11.9. The van der Waals surface area contributed by atoms with E-state index >= 15 is 0 Å². The molecule has 2 rings (SSSR count). The molecule has 0 bridgehead atoms. The zero-order valence-corrected chi connectivity index (χ0v) is 15.6. The van der Waals surface area contributed by atoms with Gasteiger partial charge in [-0.25, -0.2) is 5.43 Å². The largest absolute Gasteiger partial charge is 0.483 e. The molecular weight excluding hydrogens is 368 g/mol. The van der Waals surface area contributed by atoms with E-state index in [0.717, 1.165) is 21.3 Å². The molecule has 0 saturated heterocycles. The fourth-order valence-electron chi connectivity index (χ4n) is 2.06. The summed E-state index contributed by atoms with van der Waals surface area (Å²) in [5.41, 5.74) is 5.55. The van der Waals surface area contributed by atoms with Gasteiger partial charge in [0.25, 0.3) is 5.91 Å². The quantitative estimate of drug-likeness (QED) is 0.588. The molecular formula is C19H21BrN2O2. The topological polar surface area (TPSA) is 50.7 Å². The van der Waals surface area contributed by atoms with Gasteiger partial charge in [0, 0.05) is 10.0 Å². The summed E-state index contributed by atoms with van der Waals surface area (Å²) in [6.45, 7) is 6.13. The van der Waals surface area contributed by atoms with E-state index in [2.05, 4.69) is 46.4 Å².